The minimum atomic E-state index is 0.634. The van der Waals surface area contributed by atoms with Gasteiger partial charge in [0.05, 0.1) is 0 Å². The van der Waals surface area contributed by atoms with E-state index in [0.29, 0.717) is 5.41 Å². The van der Waals surface area contributed by atoms with Crippen LogP contribution < -0.4 is 0 Å². The Kier molecular flexibility index (Phi) is 1.16. The molecule has 10 heavy (non-hydrogen) atoms. The van der Waals surface area contributed by atoms with Gasteiger partial charge in [0.2, 0.25) is 6.08 Å². The summed E-state index contributed by atoms with van der Waals surface area (Å²) in [6.45, 7) is 4.69. The Morgan fingerprint density at radius 3 is 2.90 bits per heavy atom. The molecular formula is C10H15+. The van der Waals surface area contributed by atoms with Gasteiger partial charge in [-0.05, 0) is 11.8 Å². The van der Waals surface area contributed by atoms with Crippen LogP contribution in [0.2, 0.25) is 0 Å². The van der Waals surface area contributed by atoms with Crippen LogP contribution in [-0.4, -0.2) is 0 Å². The molecule has 0 N–H and O–H groups in total. The quantitative estimate of drug-likeness (QED) is 0.485. The number of rotatable bonds is 1. The molecule has 0 aliphatic heterocycles. The maximum atomic E-state index is 3.34. The second-order valence-electron chi connectivity index (χ2n) is 3.76. The van der Waals surface area contributed by atoms with Crippen molar-refractivity contribution in [1.29, 1.82) is 0 Å². The molecule has 54 valence electrons. The van der Waals surface area contributed by atoms with E-state index < -0.39 is 0 Å². The first-order valence-electron chi connectivity index (χ1n) is 4.39. The summed E-state index contributed by atoms with van der Waals surface area (Å²) in [5.41, 5.74) is 0.634. The Hall–Kier alpha value is -0.350. The SMILES string of the molecule is CCC1C(C)C12C=[C+]CC2. The van der Waals surface area contributed by atoms with Crippen molar-refractivity contribution in [3.63, 3.8) is 0 Å². The van der Waals surface area contributed by atoms with E-state index in [1.54, 1.807) is 0 Å². The molecule has 0 aromatic heterocycles. The number of allylic oxidation sites excluding steroid dienone is 2. The topological polar surface area (TPSA) is 0 Å². The summed E-state index contributed by atoms with van der Waals surface area (Å²) < 4.78 is 0. The molecule has 2 aliphatic rings. The highest BCUT2D eigenvalue weighted by Crippen LogP contribution is 2.65. The van der Waals surface area contributed by atoms with Gasteiger partial charge in [-0.1, -0.05) is 20.3 Å². The van der Waals surface area contributed by atoms with Gasteiger partial charge in [-0.3, -0.25) is 0 Å². The van der Waals surface area contributed by atoms with Crippen LogP contribution in [0.1, 0.15) is 33.1 Å². The monoisotopic (exact) mass is 135 g/mol. The van der Waals surface area contributed by atoms with Crippen molar-refractivity contribution >= 4 is 0 Å². The third kappa shape index (κ3) is 0.557. The standard InChI is InChI=1S/C10H15/c1-3-9-8(2)10(9)6-4-5-7-10/h7-9H,3-4,6H2,1-2H3/q+1. The molecule has 1 fully saturated rings. The van der Waals surface area contributed by atoms with Crippen LogP contribution in [-0.2, 0) is 0 Å². The van der Waals surface area contributed by atoms with Gasteiger partial charge in [0, 0.05) is 11.8 Å². The summed E-state index contributed by atoms with van der Waals surface area (Å²) in [7, 11) is 0. The Balaban J connectivity index is 2.13. The van der Waals surface area contributed by atoms with Crippen LogP contribution in [0.5, 0.6) is 0 Å². The first kappa shape index (κ1) is 6.37. The van der Waals surface area contributed by atoms with Crippen molar-refractivity contribution in [2.45, 2.75) is 33.1 Å². The van der Waals surface area contributed by atoms with Crippen molar-refractivity contribution in [2.24, 2.45) is 17.3 Å². The molecule has 0 nitrogen and oxygen atoms in total. The zero-order chi connectivity index (χ0) is 7.19. The van der Waals surface area contributed by atoms with E-state index in [0.717, 1.165) is 11.8 Å². The first-order chi connectivity index (χ1) is 4.81. The maximum absolute atomic E-state index is 3.34. The van der Waals surface area contributed by atoms with Crippen LogP contribution >= 0.6 is 0 Å². The van der Waals surface area contributed by atoms with Gasteiger partial charge in [0.25, 0.3) is 0 Å². The van der Waals surface area contributed by atoms with Crippen molar-refractivity contribution in [2.75, 3.05) is 0 Å². The fraction of sp³-hybridized carbons (Fsp3) is 0.800. The molecule has 2 rings (SSSR count). The Bertz CT molecular complexity index is 169. The van der Waals surface area contributed by atoms with Gasteiger partial charge in [-0.25, -0.2) is 0 Å². The van der Waals surface area contributed by atoms with E-state index in [2.05, 4.69) is 26.0 Å². The van der Waals surface area contributed by atoms with E-state index >= 15 is 0 Å². The van der Waals surface area contributed by atoms with Gasteiger partial charge in [-0.2, -0.15) is 0 Å². The lowest BCUT2D eigenvalue weighted by Crippen LogP contribution is -1.94. The minimum Gasteiger partial charge on any atom is -0.0651 e. The number of hydrogen-bond acceptors (Lipinski definition) is 0. The average Bonchev–Trinajstić information content (AvgIpc) is 2.31. The first-order valence-corrected chi connectivity index (χ1v) is 4.39. The maximum Gasteiger partial charge on any atom is 0.218 e. The van der Waals surface area contributed by atoms with Crippen LogP contribution in [0.15, 0.2) is 6.08 Å². The smallest absolute Gasteiger partial charge is 0.0651 e. The molecule has 0 aromatic carbocycles. The lowest BCUT2D eigenvalue weighted by Gasteiger charge is -1.96. The highest BCUT2D eigenvalue weighted by molar-refractivity contribution is 5.20. The second kappa shape index (κ2) is 1.83. The molecule has 3 unspecified atom stereocenters. The summed E-state index contributed by atoms with van der Waals surface area (Å²) in [6, 6.07) is 0. The Morgan fingerprint density at radius 1 is 1.70 bits per heavy atom. The summed E-state index contributed by atoms with van der Waals surface area (Å²) in [6.07, 6.45) is 9.65. The zero-order valence-electron chi connectivity index (χ0n) is 6.85. The second-order valence-corrected chi connectivity index (χ2v) is 3.76. The highest BCUT2D eigenvalue weighted by atomic mass is 14.6. The average molecular weight is 135 g/mol. The molecule has 0 aromatic rings. The third-order valence-corrected chi connectivity index (χ3v) is 3.55. The Labute approximate surface area is 63.3 Å². The Morgan fingerprint density at radius 2 is 2.50 bits per heavy atom. The van der Waals surface area contributed by atoms with Gasteiger partial charge in [-0.15, -0.1) is 0 Å². The molecule has 0 heterocycles. The van der Waals surface area contributed by atoms with Crippen molar-refractivity contribution < 1.29 is 0 Å². The van der Waals surface area contributed by atoms with Crippen LogP contribution in [0, 0.1) is 23.3 Å². The van der Waals surface area contributed by atoms with E-state index in [1.807, 2.05) is 0 Å². The zero-order valence-corrected chi connectivity index (χ0v) is 6.85. The van der Waals surface area contributed by atoms with E-state index in [-0.39, 0.29) is 0 Å². The summed E-state index contributed by atoms with van der Waals surface area (Å²) >= 11 is 0. The molecule has 1 spiro atoms. The van der Waals surface area contributed by atoms with Crippen molar-refractivity contribution in [3.8, 4) is 0 Å². The van der Waals surface area contributed by atoms with Crippen LogP contribution in [0.4, 0.5) is 0 Å². The van der Waals surface area contributed by atoms with Gasteiger partial charge >= 0.3 is 0 Å². The normalized spacial score (nSPS) is 49.8. The van der Waals surface area contributed by atoms with Crippen molar-refractivity contribution in [1.82, 2.24) is 0 Å². The van der Waals surface area contributed by atoms with Gasteiger partial charge in [0.15, 0.2) is 12.5 Å². The molecule has 0 bridgehead atoms. The predicted octanol–water partition coefficient (Wildman–Crippen LogP) is 2.80. The molecule has 3 atom stereocenters. The highest BCUT2D eigenvalue weighted by Gasteiger charge is 2.63. The fourth-order valence-electron chi connectivity index (χ4n) is 2.76. The van der Waals surface area contributed by atoms with Gasteiger partial charge in [0.1, 0.15) is 0 Å². The van der Waals surface area contributed by atoms with Gasteiger partial charge < -0.3 is 0 Å². The molecule has 0 amide bonds. The molecule has 0 heteroatoms. The lowest BCUT2D eigenvalue weighted by molar-refractivity contribution is 0.533. The largest absolute Gasteiger partial charge is 0.218 e. The fourth-order valence-corrected chi connectivity index (χ4v) is 2.76. The summed E-state index contributed by atoms with van der Waals surface area (Å²) in [4.78, 5) is 0. The number of hydrogen-bond donors (Lipinski definition) is 0. The lowest BCUT2D eigenvalue weighted by atomic mass is 10.0. The predicted molar refractivity (Wildman–Crippen MR) is 42.4 cm³/mol. The molecule has 2 aliphatic carbocycles. The van der Waals surface area contributed by atoms with E-state index in [4.69, 9.17) is 0 Å². The summed E-state index contributed by atoms with van der Waals surface area (Å²) in [5, 5.41) is 0. The van der Waals surface area contributed by atoms with Crippen LogP contribution in [0.3, 0.4) is 0 Å². The molecular weight excluding hydrogens is 120 g/mol. The van der Waals surface area contributed by atoms with Crippen LogP contribution in [0.25, 0.3) is 0 Å². The van der Waals surface area contributed by atoms with E-state index in [1.165, 1.54) is 19.3 Å². The minimum absolute atomic E-state index is 0.634. The third-order valence-electron chi connectivity index (χ3n) is 3.55. The molecule has 1 saturated carbocycles. The molecule has 0 radical (unpaired) electrons. The summed E-state index contributed by atoms with van der Waals surface area (Å²) in [5.74, 6) is 1.94. The molecule has 0 saturated heterocycles. The van der Waals surface area contributed by atoms with Crippen molar-refractivity contribution in [3.05, 3.63) is 12.2 Å². The van der Waals surface area contributed by atoms with E-state index in [9.17, 15) is 0 Å².